The number of ether oxygens (including phenoxy) is 1. The van der Waals surface area contributed by atoms with Crippen LogP contribution in [0.25, 0.3) is 0 Å². The van der Waals surface area contributed by atoms with Crippen molar-refractivity contribution in [3.63, 3.8) is 0 Å². The minimum atomic E-state index is -0.437. The average Bonchev–Trinajstić information content (AvgIpc) is 2.42. The molecule has 0 saturated heterocycles. The summed E-state index contributed by atoms with van der Waals surface area (Å²) in [6, 6.07) is 9.03. The van der Waals surface area contributed by atoms with Crippen LogP contribution in [0.2, 0.25) is 0 Å². The van der Waals surface area contributed by atoms with Gasteiger partial charge in [-0.25, -0.2) is 8.78 Å². The van der Waals surface area contributed by atoms with E-state index < -0.39 is 5.82 Å². The Morgan fingerprint density at radius 2 is 1.75 bits per heavy atom. The molecule has 0 aromatic heterocycles. The van der Waals surface area contributed by atoms with Crippen LogP contribution in [0.15, 0.2) is 36.4 Å². The van der Waals surface area contributed by atoms with Crippen LogP contribution in [0.3, 0.4) is 0 Å². The Labute approximate surface area is 117 Å². The predicted octanol–water partition coefficient (Wildman–Crippen LogP) is 4.35. The van der Waals surface area contributed by atoms with E-state index in [1.54, 1.807) is 19.1 Å². The number of aryl methyl sites for hydroxylation is 1. The molecule has 0 aliphatic carbocycles. The number of hydrogen-bond acceptors (Lipinski definition) is 2. The summed E-state index contributed by atoms with van der Waals surface area (Å²) in [5, 5.41) is 3.04. The number of hydrogen-bond donors (Lipinski definition) is 1. The largest absolute Gasteiger partial charge is 0.454 e. The Morgan fingerprint density at radius 3 is 2.35 bits per heavy atom. The van der Waals surface area contributed by atoms with Gasteiger partial charge in [-0.1, -0.05) is 6.07 Å². The quantitative estimate of drug-likeness (QED) is 0.897. The van der Waals surface area contributed by atoms with E-state index in [0.717, 1.165) is 5.56 Å². The smallest absolute Gasteiger partial charge is 0.166 e. The first-order valence-electron chi connectivity index (χ1n) is 6.42. The van der Waals surface area contributed by atoms with Gasteiger partial charge >= 0.3 is 0 Å². The molecule has 1 unspecified atom stereocenters. The highest BCUT2D eigenvalue weighted by molar-refractivity contribution is 5.39. The van der Waals surface area contributed by atoms with E-state index in [2.05, 4.69) is 5.32 Å². The Kier molecular flexibility index (Phi) is 4.35. The SMILES string of the molecule is CNC(C)c1ccc(Oc2ccc(F)cc2C)c(F)c1. The van der Waals surface area contributed by atoms with Gasteiger partial charge in [0.2, 0.25) is 0 Å². The second kappa shape index (κ2) is 6.01. The van der Waals surface area contributed by atoms with Crippen molar-refractivity contribution in [2.75, 3.05) is 7.05 Å². The minimum absolute atomic E-state index is 0.0612. The Bertz CT molecular complexity index is 613. The number of benzene rings is 2. The molecule has 0 spiro atoms. The molecule has 0 radical (unpaired) electrons. The van der Waals surface area contributed by atoms with E-state index in [4.69, 9.17) is 4.74 Å². The van der Waals surface area contributed by atoms with E-state index >= 15 is 0 Å². The molecule has 0 heterocycles. The standard InChI is InChI=1S/C16H17F2NO/c1-10-8-13(17)5-7-15(10)20-16-6-4-12(9-14(16)18)11(2)19-3/h4-9,11,19H,1-3H3. The number of rotatable bonds is 4. The molecule has 2 aromatic carbocycles. The molecule has 1 atom stereocenters. The van der Waals surface area contributed by atoms with E-state index in [-0.39, 0.29) is 17.6 Å². The molecule has 2 nitrogen and oxygen atoms in total. The summed E-state index contributed by atoms with van der Waals surface area (Å²) in [7, 11) is 1.81. The lowest BCUT2D eigenvalue weighted by atomic mass is 10.1. The van der Waals surface area contributed by atoms with Gasteiger partial charge < -0.3 is 10.1 Å². The zero-order valence-electron chi connectivity index (χ0n) is 11.7. The number of halogens is 2. The van der Waals surface area contributed by atoms with Gasteiger partial charge in [0.15, 0.2) is 11.6 Å². The normalized spacial score (nSPS) is 12.2. The van der Waals surface area contributed by atoms with Crippen molar-refractivity contribution in [3.8, 4) is 11.5 Å². The molecule has 0 bridgehead atoms. The second-order valence-electron chi connectivity index (χ2n) is 4.71. The molecule has 0 amide bonds. The maximum absolute atomic E-state index is 14.0. The van der Waals surface area contributed by atoms with Crippen LogP contribution >= 0.6 is 0 Å². The van der Waals surface area contributed by atoms with Gasteiger partial charge in [-0.2, -0.15) is 0 Å². The van der Waals surface area contributed by atoms with E-state index in [1.807, 2.05) is 14.0 Å². The maximum Gasteiger partial charge on any atom is 0.166 e. The molecule has 20 heavy (non-hydrogen) atoms. The monoisotopic (exact) mass is 277 g/mol. The molecule has 1 N–H and O–H groups in total. The summed E-state index contributed by atoms with van der Waals surface area (Å²) in [5.74, 6) is -0.201. The molecule has 0 fully saturated rings. The van der Waals surface area contributed by atoms with Crippen LogP contribution in [0.4, 0.5) is 8.78 Å². The minimum Gasteiger partial charge on any atom is -0.454 e. The van der Waals surface area contributed by atoms with Crippen LogP contribution in [0.5, 0.6) is 11.5 Å². The highest BCUT2D eigenvalue weighted by atomic mass is 19.1. The zero-order chi connectivity index (χ0) is 14.7. The second-order valence-corrected chi connectivity index (χ2v) is 4.71. The van der Waals surface area contributed by atoms with Crippen molar-refractivity contribution in [1.29, 1.82) is 0 Å². The van der Waals surface area contributed by atoms with Gasteiger partial charge in [-0.15, -0.1) is 0 Å². The van der Waals surface area contributed by atoms with Gasteiger partial charge in [0.1, 0.15) is 11.6 Å². The van der Waals surface area contributed by atoms with Gasteiger partial charge in [-0.3, -0.25) is 0 Å². The third-order valence-electron chi connectivity index (χ3n) is 3.25. The fraction of sp³-hybridized carbons (Fsp3) is 0.250. The molecule has 0 saturated carbocycles. The summed E-state index contributed by atoms with van der Waals surface area (Å²) in [4.78, 5) is 0. The zero-order valence-corrected chi connectivity index (χ0v) is 11.7. The highest BCUT2D eigenvalue weighted by Crippen LogP contribution is 2.29. The van der Waals surface area contributed by atoms with E-state index in [0.29, 0.717) is 11.3 Å². The lowest BCUT2D eigenvalue weighted by Gasteiger charge is -2.13. The number of nitrogens with one attached hydrogen (secondary N) is 1. The maximum atomic E-state index is 14.0. The topological polar surface area (TPSA) is 21.3 Å². The van der Waals surface area contributed by atoms with Crippen LogP contribution in [-0.4, -0.2) is 7.05 Å². The first kappa shape index (κ1) is 14.5. The summed E-state index contributed by atoms with van der Waals surface area (Å²) in [6.45, 7) is 3.66. The molecule has 2 rings (SSSR count). The van der Waals surface area contributed by atoms with Crippen molar-refractivity contribution in [2.24, 2.45) is 0 Å². The summed E-state index contributed by atoms with van der Waals surface area (Å²) >= 11 is 0. The van der Waals surface area contributed by atoms with Crippen LogP contribution in [-0.2, 0) is 0 Å². The molecule has 106 valence electrons. The van der Waals surface area contributed by atoms with Gasteiger partial charge in [0, 0.05) is 6.04 Å². The fourth-order valence-electron chi connectivity index (χ4n) is 1.88. The Balaban J connectivity index is 2.25. The summed E-state index contributed by atoms with van der Waals surface area (Å²) < 4.78 is 32.5. The first-order valence-corrected chi connectivity index (χ1v) is 6.42. The fourth-order valence-corrected chi connectivity index (χ4v) is 1.88. The van der Waals surface area contributed by atoms with E-state index in [9.17, 15) is 8.78 Å². The van der Waals surface area contributed by atoms with Crippen molar-refractivity contribution in [2.45, 2.75) is 19.9 Å². The van der Waals surface area contributed by atoms with Crippen molar-refractivity contribution in [3.05, 3.63) is 59.2 Å². The molecule has 4 heteroatoms. The summed E-state index contributed by atoms with van der Waals surface area (Å²) in [5.41, 5.74) is 1.46. The highest BCUT2D eigenvalue weighted by Gasteiger charge is 2.10. The lowest BCUT2D eigenvalue weighted by Crippen LogP contribution is -2.12. The molecular formula is C16H17F2NO. The molecule has 0 aliphatic heterocycles. The van der Waals surface area contributed by atoms with Crippen LogP contribution in [0, 0.1) is 18.6 Å². The summed E-state index contributed by atoms with van der Waals surface area (Å²) in [6.07, 6.45) is 0. The third kappa shape index (κ3) is 3.14. The van der Waals surface area contributed by atoms with Crippen molar-refractivity contribution >= 4 is 0 Å². The molecular weight excluding hydrogens is 260 g/mol. The van der Waals surface area contributed by atoms with Crippen LogP contribution < -0.4 is 10.1 Å². The molecule has 2 aromatic rings. The predicted molar refractivity (Wildman–Crippen MR) is 75.1 cm³/mol. The van der Waals surface area contributed by atoms with Crippen LogP contribution in [0.1, 0.15) is 24.1 Å². The average molecular weight is 277 g/mol. The van der Waals surface area contributed by atoms with Crippen molar-refractivity contribution < 1.29 is 13.5 Å². The van der Waals surface area contributed by atoms with Crippen molar-refractivity contribution in [1.82, 2.24) is 5.32 Å². The van der Waals surface area contributed by atoms with Gasteiger partial charge in [0.25, 0.3) is 0 Å². The van der Waals surface area contributed by atoms with E-state index in [1.165, 1.54) is 24.3 Å². The molecule has 0 aliphatic rings. The first-order chi connectivity index (χ1) is 9.51. The Hall–Kier alpha value is -1.94. The van der Waals surface area contributed by atoms with Gasteiger partial charge in [0.05, 0.1) is 0 Å². The Morgan fingerprint density at radius 1 is 1.05 bits per heavy atom. The third-order valence-corrected chi connectivity index (χ3v) is 3.25. The van der Waals surface area contributed by atoms with Gasteiger partial charge in [-0.05, 0) is 62.4 Å². The lowest BCUT2D eigenvalue weighted by molar-refractivity contribution is 0.437.